The first-order valence-electron chi connectivity index (χ1n) is 5.06. The highest BCUT2D eigenvalue weighted by Gasteiger charge is 2.12. The molecule has 15 heavy (non-hydrogen) atoms. The molecule has 0 aliphatic heterocycles. The van der Waals surface area contributed by atoms with Crippen LogP contribution in [0.25, 0.3) is 0 Å². The van der Waals surface area contributed by atoms with E-state index in [1.54, 1.807) is 18.2 Å². The van der Waals surface area contributed by atoms with Gasteiger partial charge in [-0.05, 0) is 41.4 Å². The zero-order valence-corrected chi connectivity index (χ0v) is 10.1. The highest BCUT2D eigenvalue weighted by atomic mass is 79.9. The Morgan fingerprint density at radius 1 is 1.33 bits per heavy atom. The summed E-state index contributed by atoms with van der Waals surface area (Å²) in [6.45, 7) is 0.660. The molecule has 1 atom stereocenters. The molecule has 1 rings (SSSR count). The van der Waals surface area contributed by atoms with Gasteiger partial charge in [-0.15, -0.1) is 0 Å². The van der Waals surface area contributed by atoms with E-state index in [2.05, 4.69) is 15.9 Å². The predicted octanol–water partition coefficient (Wildman–Crippen LogP) is 2.72. The number of halogens is 2. The maximum atomic E-state index is 13.6. The molecule has 0 bridgehead atoms. The standard InChI is InChI=1S/C11H16BrFN2/c12-9-5-3-4-8(11(9)13)10(15)6-1-2-7-14/h3-5,10H,1-2,6-7,14-15H2/t10-/m1/s1. The van der Waals surface area contributed by atoms with Gasteiger partial charge < -0.3 is 11.5 Å². The van der Waals surface area contributed by atoms with Gasteiger partial charge in [0.15, 0.2) is 0 Å². The van der Waals surface area contributed by atoms with Gasteiger partial charge in [0.1, 0.15) is 5.82 Å². The average molecular weight is 275 g/mol. The number of hydrogen-bond donors (Lipinski definition) is 2. The summed E-state index contributed by atoms with van der Waals surface area (Å²) >= 11 is 3.15. The van der Waals surface area contributed by atoms with Gasteiger partial charge in [-0.25, -0.2) is 4.39 Å². The Bertz CT molecular complexity index is 317. The van der Waals surface area contributed by atoms with Crippen LogP contribution in [-0.4, -0.2) is 6.54 Å². The van der Waals surface area contributed by atoms with Crippen molar-refractivity contribution in [1.82, 2.24) is 0 Å². The summed E-state index contributed by atoms with van der Waals surface area (Å²) in [7, 11) is 0. The van der Waals surface area contributed by atoms with E-state index in [4.69, 9.17) is 11.5 Å². The van der Waals surface area contributed by atoms with Crippen LogP contribution >= 0.6 is 15.9 Å². The minimum Gasteiger partial charge on any atom is -0.330 e. The van der Waals surface area contributed by atoms with Crippen LogP contribution in [0.2, 0.25) is 0 Å². The SMILES string of the molecule is NCCCC[C@@H](N)c1cccc(Br)c1F. The third-order valence-corrected chi connectivity index (χ3v) is 2.96. The van der Waals surface area contributed by atoms with E-state index in [0.29, 0.717) is 16.6 Å². The first kappa shape index (κ1) is 12.6. The molecular weight excluding hydrogens is 259 g/mol. The van der Waals surface area contributed by atoms with Crippen molar-refractivity contribution in [3.63, 3.8) is 0 Å². The number of hydrogen-bond acceptors (Lipinski definition) is 2. The van der Waals surface area contributed by atoms with Crippen molar-refractivity contribution in [3.05, 3.63) is 34.1 Å². The first-order valence-corrected chi connectivity index (χ1v) is 5.85. The lowest BCUT2D eigenvalue weighted by Gasteiger charge is -2.13. The molecule has 0 unspecified atom stereocenters. The normalized spacial score (nSPS) is 12.8. The van der Waals surface area contributed by atoms with Gasteiger partial charge in [0, 0.05) is 11.6 Å². The molecule has 1 aromatic rings. The lowest BCUT2D eigenvalue weighted by Crippen LogP contribution is -2.13. The van der Waals surface area contributed by atoms with E-state index in [1.165, 1.54) is 0 Å². The molecule has 0 aliphatic rings. The molecule has 0 fully saturated rings. The van der Waals surface area contributed by atoms with Gasteiger partial charge in [-0.1, -0.05) is 18.6 Å². The third kappa shape index (κ3) is 3.55. The number of rotatable bonds is 5. The molecule has 0 aliphatic carbocycles. The number of unbranched alkanes of at least 4 members (excludes halogenated alkanes) is 1. The van der Waals surface area contributed by atoms with E-state index < -0.39 is 0 Å². The number of benzene rings is 1. The minimum atomic E-state index is -0.252. The maximum absolute atomic E-state index is 13.6. The van der Waals surface area contributed by atoms with Crippen molar-refractivity contribution in [2.45, 2.75) is 25.3 Å². The Morgan fingerprint density at radius 3 is 2.73 bits per heavy atom. The molecule has 0 saturated carbocycles. The molecule has 4 heteroatoms. The summed E-state index contributed by atoms with van der Waals surface area (Å²) in [5.41, 5.74) is 11.9. The van der Waals surface area contributed by atoms with Crippen molar-refractivity contribution >= 4 is 15.9 Å². The molecule has 1 aromatic carbocycles. The number of nitrogens with two attached hydrogens (primary N) is 2. The molecular formula is C11H16BrFN2. The van der Waals surface area contributed by atoms with Crippen molar-refractivity contribution in [3.8, 4) is 0 Å². The van der Waals surface area contributed by atoms with Crippen molar-refractivity contribution < 1.29 is 4.39 Å². The summed E-state index contributed by atoms with van der Waals surface area (Å²) in [4.78, 5) is 0. The van der Waals surface area contributed by atoms with Crippen LogP contribution in [0.5, 0.6) is 0 Å². The smallest absolute Gasteiger partial charge is 0.142 e. The van der Waals surface area contributed by atoms with Crippen LogP contribution in [-0.2, 0) is 0 Å². The molecule has 2 nitrogen and oxygen atoms in total. The monoisotopic (exact) mass is 274 g/mol. The van der Waals surface area contributed by atoms with E-state index in [-0.39, 0.29) is 11.9 Å². The van der Waals surface area contributed by atoms with E-state index in [0.717, 1.165) is 19.3 Å². The van der Waals surface area contributed by atoms with Crippen LogP contribution in [0.15, 0.2) is 22.7 Å². The summed E-state index contributed by atoms with van der Waals surface area (Å²) in [6.07, 6.45) is 2.64. The fraction of sp³-hybridized carbons (Fsp3) is 0.455. The third-order valence-electron chi connectivity index (χ3n) is 2.35. The second-order valence-electron chi connectivity index (χ2n) is 3.53. The molecule has 0 heterocycles. The summed E-state index contributed by atoms with van der Waals surface area (Å²) < 4.78 is 14.1. The largest absolute Gasteiger partial charge is 0.330 e. The lowest BCUT2D eigenvalue weighted by molar-refractivity contribution is 0.540. The Hall–Kier alpha value is -0.450. The zero-order valence-electron chi connectivity index (χ0n) is 8.55. The van der Waals surface area contributed by atoms with Crippen LogP contribution in [0, 0.1) is 5.82 Å². The topological polar surface area (TPSA) is 52.0 Å². The Kier molecular flexibility index (Phi) is 5.22. The van der Waals surface area contributed by atoms with Gasteiger partial charge in [-0.2, -0.15) is 0 Å². The van der Waals surface area contributed by atoms with Crippen LogP contribution < -0.4 is 11.5 Å². The lowest BCUT2D eigenvalue weighted by atomic mass is 10.0. The van der Waals surface area contributed by atoms with Gasteiger partial charge in [-0.3, -0.25) is 0 Å². The van der Waals surface area contributed by atoms with Crippen molar-refractivity contribution in [2.75, 3.05) is 6.54 Å². The highest BCUT2D eigenvalue weighted by Crippen LogP contribution is 2.25. The van der Waals surface area contributed by atoms with Crippen molar-refractivity contribution in [2.24, 2.45) is 11.5 Å². The highest BCUT2D eigenvalue weighted by molar-refractivity contribution is 9.10. The second kappa shape index (κ2) is 6.20. The zero-order chi connectivity index (χ0) is 11.3. The Labute approximate surface area is 98.0 Å². The minimum absolute atomic E-state index is 0.242. The molecule has 0 radical (unpaired) electrons. The van der Waals surface area contributed by atoms with Crippen molar-refractivity contribution in [1.29, 1.82) is 0 Å². The van der Waals surface area contributed by atoms with Crippen LogP contribution in [0.4, 0.5) is 4.39 Å². The first-order chi connectivity index (χ1) is 7.16. The van der Waals surface area contributed by atoms with Crippen LogP contribution in [0.3, 0.4) is 0 Å². The van der Waals surface area contributed by atoms with Gasteiger partial charge in [0.2, 0.25) is 0 Å². The van der Waals surface area contributed by atoms with Gasteiger partial charge in [0.05, 0.1) is 4.47 Å². The molecule has 84 valence electrons. The molecule has 0 spiro atoms. The summed E-state index contributed by atoms with van der Waals surface area (Å²) in [5.74, 6) is -0.252. The Morgan fingerprint density at radius 2 is 2.07 bits per heavy atom. The predicted molar refractivity (Wildman–Crippen MR) is 63.9 cm³/mol. The van der Waals surface area contributed by atoms with Crippen LogP contribution in [0.1, 0.15) is 30.9 Å². The summed E-state index contributed by atoms with van der Waals surface area (Å²) in [5, 5.41) is 0. The quantitative estimate of drug-likeness (QED) is 0.812. The van der Waals surface area contributed by atoms with Gasteiger partial charge in [0.25, 0.3) is 0 Å². The molecule has 0 saturated heterocycles. The Balaban J connectivity index is 2.65. The molecule has 0 aromatic heterocycles. The average Bonchev–Trinajstić information content (AvgIpc) is 2.22. The summed E-state index contributed by atoms with van der Waals surface area (Å²) in [6, 6.07) is 4.96. The molecule has 0 amide bonds. The maximum Gasteiger partial charge on any atom is 0.142 e. The fourth-order valence-corrected chi connectivity index (χ4v) is 1.85. The fourth-order valence-electron chi connectivity index (χ4n) is 1.47. The van der Waals surface area contributed by atoms with Gasteiger partial charge >= 0.3 is 0 Å². The second-order valence-corrected chi connectivity index (χ2v) is 4.39. The van der Waals surface area contributed by atoms with E-state index in [1.807, 2.05) is 0 Å². The van der Waals surface area contributed by atoms with E-state index in [9.17, 15) is 4.39 Å². The van der Waals surface area contributed by atoms with E-state index >= 15 is 0 Å². The molecule has 4 N–H and O–H groups in total.